The van der Waals surface area contributed by atoms with Crippen molar-refractivity contribution in [3.63, 3.8) is 0 Å². The molecule has 0 heterocycles. The number of aliphatic hydroxyl groups excluding tert-OH is 1. The van der Waals surface area contributed by atoms with Gasteiger partial charge in [-0.05, 0) is 42.8 Å². The minimum Gasteiger partial charge on any atom is -0.456 e. The average Bonchev–Trinajstić information content (AvgIpc) is 2.73. The van der Waals surface area contributed by atoms with Gasteiger partial charge < -0.3 is 9.84 Å². The fourth-order valence-corrected chi connectivity index (χ4v) is 2.78. The highest BCUT2D eigenvalue weighted by atomic mass is 19.4. The molecule has 0 aliphatic heterocycles. The SMILES string of the molecule is Cc1ccc(C(O)/C=C(\Oc2ccccc2C#N)c2ccc(C(F)(F)F)cc2)cc1. The number of halogens is 3. The Kier molecular flexibility index (Phi) is 6.24. The molecule has 0 saturated carbocycles. The number of benzene rings is 3. The first-order valence-corrected chi connectivity index (χ1v) is 9.09. The van der Waals surface area contributed by atoms with E-state index in [1.165, 1.54) is 18.2 Å². The third-order valence-electron chi connectivity index (χ3n) is 4.45. The van der Waals surface area contributed by atoms with Crippen molar-refractivity contribution < 1.29 is 23.0 Å². The molecule has 6 heteroatoms. The predicted molar refractivity (Wildman–Crippen MR) is 107 cm³/mol. The van der Waals surface area contributed by atoms with Crippen LogP contribution in [-0.4, -0.2) is 5.11 Å². The van der Waals surface area contributed by atoms with Gasteiger partial charge in [-0.25, -0.2) is 0 Å². The first-order valence-electron chi connectivity index (χ1n) is 9.09. The zero-order chi connectivity index (χ0) is 21.7. The number of rotatable bonds is 5. The van der Waals surface area contributed by atoms with Crippen LogP contribution in [0.1, 0.15) is 33.9 Å². The number of hydrogen-bond donors (Lipinski definition) is 1. The second-order valence-corrected chi connectivity index (χ2v) is 6.67. The average molecular weight is 409 g/mol. The maximum Gasteiger partial charge on any atom is 0.416 e. The molecular weight excluding hydrogens is 391 g/mol. The van der Waals surface area contributed by atoms with Gasteiger partial charge in [-0.1, -0.05) is 54.1 Å². The molecule has 0 aliphatic carbocycles. The zero-order valence-electron chi connectivity index (χ0n) is 16.0. The molecule has 3 nitrogen and oxygen atoms in total. The summed E-state index contributed by atoms with van der Waals surface area (Å²) in [6.07, 6.45) is -4.11. The summed E-state index contributed by atoms with van der Waals surface area (Å²) in [5, 5.41) is 19.9. The smallest absolute Gasteiger partial charge is 0.416 e. The van der Waals surface area contributed by atoms with Crippen LogP contribution in [-0.2, 0) is 6.18 Å². The normalized spacial score (nSPS) is 12.9. The van der Waals surface area contributed by atoms with Crippen molar-refractivity contribution in [3.8, 4) is 11.8 Å². The largest absolute Gasteiger partial charge is 0.456 e. The molecule has 0 saturated heterocycles. The van der Waals surface area contributed by atoms with Crippen molar-refractivity contribution in [2.24, 2.45) is 0 Å². The van der Waals surface area contributed by atoms with Crippen molar-refractivity contribution in [2.45, 2.75) is 19.2 Å². The highest BCUT2D eigenvalue weighted by Gasteiger charge is 2.30. The molecule has 0 fully saturated rings. The maximum atomic E-state index is 12.9. The summed E-state index contributed by atoms with van der Waals surface area (Å²) >= 11 is 0. The van der Waals surface area contributed by atoms with Crippen LogP contribution in [0, 0.1) is 18.3 Å². The Labute approximate surface area is 172 Å². The molecular formula is C24H18F3NO2. The molecule has 1 unspecified atom stereocenters. The number of nitriles is 1. The topological polar surface area (TPSA) is 53.2 Å². The standard InChI is InChI=1S/C24H18F3NO2/c1-16-6-8-17(9-7-16)21(29)14-23(30-22-5-3-2-4-19(22)15-28)18-10-12-20(13-11-18)24(25,26)27/h2-14,21,29H,1H3/b23-14-. The molecule has 0 radical (unpaired) electrons. The molecule has 0 bridgehead atoms. The summed E-state index contributed by atoms with van der Waals surface area (Å²) in [4.78, 5) is 0. The molecule has 152 valence electrons. The summed E-state index contributed by atoms with van der Waals surface area (Å²) in [5.74, 6) is 0.377. The zero-order valence-corrected chi connectivity index (χ0v) is 16.0. The van der Waals surface area contributed by atoms with E-state index < -0.39 is 17.8 Å². The number of hydrogen-bond acceptors (Lipinski definition) is 3. The van der Waals surface area contributed by atoms with E-state index in [0.29, 0.717) is 11.1 Å². The first-order chi connectivity index (χ1) is 14.3. The lowest BCUT2D eigenvalue weighted by molar-refractivity contribution is -0.137. The van der Waals surface area contributed by atoms with E-state index >= 15 is 0 Å². The molecule has 30 heavy (non-hydrogen) atoms. The van der Waals surface area contributed by atoms with E-state index in [4.69, 9.17) is 4.74 Å². The van der Waals surface area contributed by atoms with Gasteiger partial charge in [0.25, 0.3) is 0 Å². The van der Waals surface area contributed by atoms with Crippen LogP contribution >= 0.6 is 0 Å². The minimum atomic E-state index is -4.46. The second kappa shape index (κ2) is 8.85. The number of aliphatic hydroxyl groups is 1. The van der Waals surface area contributed by atoms with Crippen molar-refractivity contribution >= 4 is 5.76 Å². The Morgan fingerprint density at radius 1 is 1.00 bits per heavy atom. The lowest BCUT2D eigenvalue weighted by atomic mass is 10.0. The molecule has 3 aromatic rings. The lowest BCUT2D eigenvalue weighted by Gasteiger charge is -2.15. The van der Waals surface area contributed by atoms with Crippen LogP contribution in [0.2, 0.25) is 0 Å². The summed E-state index contributed by atoms with van der Waals surface area (Å²) in [6.45, 7) is 1.92. The summed E-state index contributed by atoms with van der Waals surface area (Å²) < 4.78 is 44.6. The highest BCUT2D eigenvalue weighted by molar-refractivity contribution is 5.64. The van der Waals surface area contributed by atoms with E-state index in [-0.39, 0.29) is 17.1 Å². The van der Waals surface area contributed by atoms with Gasteiger partial charge in [0.2, 0.25) is 0 Å². The van der Waals surface area contributed by atoms with Crippen LogP contribution < -0.4 is 4.74 Å². The van der Waals surface area contributed by atoms with E-state index in [0.717, 1.165) is 17.7 Å². The van der Waals surface area contributed by atoms with Crippen LogP contribution in [0.15, 0.2) is 78.9 Å². The van der Waals surface area contributed by atoms with E-state index in [1.54, 1.807) is 36.4 Å². The number of nitrogens with zero attached hydrogens (tertiary/aromatic N) is 1. The molecule has 0 aliphatic rings. The van der Waals surface area contributed by atoms with Gasteiger partial charge in [0.05, 0.1) is 11.1 Å². The first kappa shape index (κ1) is 21.2. The Bertz CT molecular complexity index is 1080. The Balaban J connectivity index is 2.02. The Morgan fingerprint density at radius 3 is 2.23 bits per heavy atom. The molecule has 3 aromatic carbocycles. The van der Waals surface area contributed by atoms with Gasteiger partial charge in [0.15, 0.2) is 0 Å². The van der Waals surface area contributed by atoms with Gasteiger partial charge in [-0.15, -0.1) is 0 Å². The van der Waals surface area contributed by atoms with E-state index in [2.05, 4.69) is 0 Å². The molecule has 3 rings (SSSR count). The monoisotopic (exact) mass is 409 g/mol. The Hall–Kier alpha value is -3.56. The Morgan fingerprint density at radius 2 is 1.63 bits per heavy atom. The lowest BCUT2D eigenvalue weighted by Crippen LogP contribution is -2.06. The van der Waals surface area contributed by atoms with E-state index in [1.807, 2.05) is 25.1 Å². The van der Waals surface area contributed by atoms with Gasteiger partial charge in [-0.3, -0.25) is 0 Å². The fraction of sp³-hybridized carbons (Fsp3) is 0.125. The van der Waals surface area contributed by atoms with Crippen LogP contribution in [0.5, 0.6) is 5.75 Å². The van der Waals surface area contributed by atoms with Crippen molar-refractivity contribution in [1.82, 2.24) is 0 Å². The maximum absolute atomic E-state index is 12.9. The minimum absolute atomic E-state index is 0.138. The number of para-hydroxylation sites is 1. The molecule has 0 spiro atoms. The summed E-state index contributed by atoms with van der Waals surface area (Å²) in [5.41, 5.74) is 1.43. The van der Waals surface area contributed by atoms with Crippen LogP contribution in [0.3, 0.4) is 0 Å². The highest BCUT2D eigenvalue weighted by Crippen LogP contribution is 2.32. The van der Waals surface area contributed by atoms with Crippen molar-refractivity contribution in [1.29, 1.82) is 5.26 Å². The van der Waals surface area contributed by atoms with E-state index in [9.17, 15) is 23.5 Å². The van der Waals surface area contributed by atoms with Gasteiger partial charge >= 0.3 is 6.18 Å². The van der Waals surface area contributed by atoms with Crippen LogP contribution in [0.4, 0.5) is 13.2 Å². The van der Waals surface area contributed by atoms with Gasteiger partial charge in [-0.2, -0.15) is 18.4 Å². The molecule has 0 aromatic heterocycles. The predicted octanol–water partition coefficient (Wildman–Crippen LogP) is 6.04. The number of ether oxygens (including phenoxy) is 1. The van der Waals surface area contributed by atoms with Gasteiger partial charge in [0.1, 0.15) is 23.7 Å². The molecule has 1 N–H and O–H groups in total. The third-order valence-corrected chi connectivity index (χ3v) is 4.45. The molecule has 0 amide bonds. The number of aryl methyl sites for hydroxylation is 1. The van der Waals surface area contributed by atoms with Gasteiger partial charge in [0, 0.05) is 5.56 Å². The number of alkyl halides is 3. The fourth-order valence-electron chi connectivity index (χ4n) is 2.78. The van der Waals surface area contributed by atoms with Crippen LogP contribution in [0.25, 0.3) is 5.76 Å². The summed E-state index contributed by atoms with van der Waals surface area (Å²) in [7, 11) is 0. The van der Waals surface area contributed by atoms with Crippen molar-refractivity contribution in [2.75, 3.05) is 0 Å². The second-order valence-electron chi connectivity index (χ2n) is 6.67. The summed E-state index contributed by atoms with van der Waals surface area (Å²) in [6, 6.07) is 20.1. The third kappa shape index (κ3) is 5.07. The van der Waals surface area contributed by atoms with Crippen molar-refractivity contribution in [3.05, 3.63) is 107 Å². The molecule has 1 atom stereocenters. The quantitative estimate of drug-likeness (QED) is 0.523.